The van der Waals surface area contributed by atoms with Crippen LogP contribution in [-0.2, 0) is 4.79 Å². The molecule has 0 fully saturated rings. The van der Waals surface area contributed by atoms with Gasteiger partial charge in [0, 0.05) is 12.6 Å². The molecule has 15 heavy (non-hydrogen) atoms. The van der Waals surface area contributed by atoms with Crippen molar-refractivity contribution in [1.82, 2.24) is 10.6 Å². The number of carbonyl (C=O) groups excluding carboxylic acids is 1. The molecule has 3 nitrogen and oxygen atoms in total. The summed E-state index contributed by atoms with van der Waals surface area (Å²) in [6, 6.07) is 0.418. The van der Waals surface area contributed by atoms with E-state index < -0.39 is 0 Å². The van der Waals surface area contributed by atoms with Crippen LogP contribution in [0.15, 0.2) is 0 Å². The first-order valence-corrected chi connectivity index (χ1v) is 6.06. The lowest BCUT2D eigenvalue weighted by atomic mass is 10.1. The molecule has 0 radical (unpaired) electrons. The fourth-order valence-electron chi connectivity index (χ4n) is 1.52. The van der Waals surface area contributed by atoms with Crippen LogP contribution in [0, 0.1) is 5.92 Å². The Kier molecular flexibility index (Phi) is 8.38. The topological polar surface area (TPSA) is 41.1 Å². The minimum absolute atomic E-state index is 0.110. The summed E-state index contributed by atoms with van der Waals surface area (Å²) in [7, 11) is 0. The third-order valence-electron chi connectivity index (χ3n) is 2.29. The molecule has 0 aromatic carbocycles. The molecule has 2 N–H and O–H groups in total. The molecule has 0 bridgehead atoms. The zero-order valence-electron chi connectivity index (χ0n) is 10.6. The maximum atomic E-state index is 11.3. The van der Waals surface area contributed by atoms with E-state index in [0.29, 0.717) is 18.5 Å². The third kappa shape index (κ3) is 9.73. The predicted octanol–water partition coefficient (Wildman–Crippen LogP) is 1.93. The SMILES string of the molecule is CCCCNC(=O)CNC(C)CC(C)C. The molecule has 0 saturated carbocycles. The zero-order valence-corrected chi connectivity index (χ0v) is 10.6. The lowest BCUT2D eigenvalue weighted by Crippen LogP contribution is -2.38. The maximum absolute atomic E-state index is 11.3. The number of rotatable bonds is 8. The summed E-state index contributed by atoms with van der Waals surface area (Å²) in [5.74, 6) is 0.787. The smallest absolute Gasteiger partial charge is 0.233 e. The van der Waals surface area contributed by atoms with Gasteiger partial charge >= 0.3 is 0 Å². The molecule has 0 saturated heterocycles. The van der Waals surface area contributed by atoms with Crippen molar-refractivity contribution >= 4 is 5.91 Å². The van der Waals surface area contributed by atoms with Gasteiger partial charge in [-0.05, 0) is 25.7 Å². The standard InChI is InChI=1S/C12H26N2O/c1-5-6-7-13-12(15)9-14-11(4)8-10(2)3/h10-11,14H,5-9H2,1-4H3,(H,13,15). The van der Waals surface area contributed by atoms with E-state index >= 15 is 0 Å². The summed E-state index contributed by atoms with van der Waals surface area (Å²) in [4.78, 5) is 11.3. The van der Waals surface area contributed by atoms with Gasteiger partial charge in [0.15, 0.2) is 0 Å². The van der Waals surface area contributed by atoms with Gasteiger partial charge in [-0.25, -0.2) is 0 Å². The van der Waals surface area contributed by atoms with Crippen molar-refractivity contribution in [3.63, 3.8) is 0 Å². The minimum atomic E-state index is 0.110. The molecule has 0 heterocycles. The van der Waals surface area contributed by atoms with E-state index in [9.17, 15) is 4.79 Å². The Morgan fingerprint density at radius 1 is 1.27 bits per heavy atom. The van der Waals surface area contributed by atoms with Crippen LogP contribution in [0.4, 0.5) is 0 Å². The van der Waals surface area contributed by atoms with Crippen molar-refractivity contribution in [2.45, 2.75) is 53.0 Å². The molecular weight excluding hydrogens is 188 g/mol. The summed E-state index contributed by atoms with van der Waals surface area (Å²) in [6.07, 6.45) is 3.30. The fraction of sp³-hybridized carbons (Fsp3) is 0.917. The van der Waals surface area contributed by atoms with Crippen molar-refractivity contribution < 1.29 is 4.79 Å². The Bertz CT molecular complexity index is 169. The first kappa shape index (κ1) is 14.4. The molecule has 1 atom stereocenters. The van der Waals surface area contributed by atoms with E-state index in [0.717, 1.165) is 25.8 Å². The quantitative estimate of drug-likeness (QED) is 0.606. The molecule has 90 valence electrons. The van der Waals surface area contributed by atoms with Crippen molar-refractivity contribution in [2.75, 3.05) is 13.1 Å². The Labute approximate surface area is 94.0 Å². The summed E-state index contributed by atoms with van der Waals surface area (Å²) in [6.45, 7) is 9.88. The second-order valence-corrected chi connectivity index (χ2v) is 4.62. The van der Waals surface area contributed by atoms with Gasteiger partial charge in [0.05, 0.1) is 6.54 Å². The van der Waals surface area contributed by atoms with Crippen molar-refractivity contribution in [2.24, 2.45) is 5.92 Å². The Hall–Kier alpha value is -0.570. The van der Waals surface area contributed by atoms with E-state index in [2.05, 4.69) is 38.3 Å². The van der Waals surface area contributed by atoms with Crippen molar-refractivity contribution in [1.29, 1.82) is 0 Å². The van der Waals surface area contributed by atoms with Gasteiger partial charge in [-0.3, -0.25) is 4.79 Å². The number of hydrogen-bond donors (Lipinski definition) is 2. The monoisotopic (exact) mass is 214 g/mol. The minimum Gasteiger partial charge on any atom is -0.355 e. The van der Waals surface area contributed by atoms with Gasteiger partial charge in [0.25, 0.3) is 0 Å². The van der Waals surface area contributed by atoms with Gasteiger partial charge in [0.2, 0.25) is 5.91 Å². The number of hydrogen-bond acceptors (Lipinski definition) is 2. The molecule has 0 aliphatic heterocycles. The number of carbonyl (C=O) groups is 1. The first-order chi connectivity index (χ1) is 7.06. The molecular formula is C12H26N2O. The number of nitrogens with one attached hydrogen (secondary N) is 2. The van der Waals surface area contributed by atoms with E-state index in [1.54, 1.807) is 0 Å². The highest BCUT2D eigenvalue weighted by atomic mass is 16.1. The van der Waals surface area contributed by atoms with E-state index in [4.69, 9.17) is 0 Å². The predicted molar refractivity (Wildman–Crippen MR) is 64.8 cm³/mol. The van der Waals surface area contributed by atoms with Crippen LogP contribution >= 0.6 is 0 Å². The normalized spacial score (nSPS) is 12.9. The van der Waals surface area contributed by atoms with Crippen LogP contribution < -0.4 is 10.6 Å². The van der Waals surface area contributed by atoms with Crippen LogP contribution in [0.1, 0.15) is 47.0 Å². The average Bonchev–Trinajstić information content (AvgIpc) is 2.14. The summed E-state index contributed by atoms with van der Waals surface area (Å²) < 4.78 is 0. The molecule has 3 heteroatoms. The molecule has 0 aliphatic rings. The molecule has 0 aliphatic carbocycles. The molecule has 0 aromatic heterocycles. The van der Waals surface area contributed by atoms with Gasteiger partial charge in [-0.2, -0.15) is 0 Å². The van der Waals surface area contributed by atoms with Crippen molar-refractivity contribution in [3.05, 3.63) is 0 Å². The van der Waals surface area contributed by atoms with Gasteiger partial charge < -0.3 is 10.6 Å². The van der Waals surface area contributed by atoms with Crippen LogP contribution in [0.25, 0.3) is 0 Å². The van der Waals surface area contributed by atoms with E-state index in [1.807, 2.05) is 0 Å². The Morgan fingerprint density at radius 3 is 2.47 bits per heavy atom. The van der Waals surface area contributed by atoms with Crippen molar-refractivity contribution in [3.8, 4) is 0 Å². The van der Waals surface area contributed by atoms with Gasteiger partial charge in [0.1, 0.15) is 0 Å². The lowest BCUT2D eigenvalue weighted by Gasteiger charge is -2.15. The average molecular weight is 214 g/mol. The fourth-order valence-corrected chi connectivity index (χ4v) is 1.52. The van der Waals surface area contributed by atoms with Crippen LogP contribution in [-0.4, -0.2) is 25.0 Å². The highest BCUT2D eigenvalue weighted by Gasteiger charge is 2.06. The van der Waals surface area contributed by atoms with Gasteiger partial charge in [-0.15, -0.1) is 0 Å². The van der Waals surface area contributed by atoms with Crippen LogP contribution in [0.5, 0.6) is 0 Å². The molecule has 0 rings (SSSR count). The summed E-state index contributed by atoms with van der Waals surface area (Å²) >= 11 is 0. The largest absolute Gasteiger partial charge is 0.355 e. The van der Waals surface area contributed by atoms with Crippen LogP contribution in [0.2, 0.25) is 0 Å². The summed E-state index contributed by atoms with van der Waals surface area (Å²) in [5, 5.41) is 6.12. The van der Waals surface area contributed by atoms with E-state index in [1.165, 1.54) is 0 Å². The molecule has 1 unspecified atom stereocenters. The Morgan fingerprint density at radius 2 is 1.93 bits per heavy atom. The zero-order chi connectivity index (χ0) is 11.7. The first-order valence-electron chi connectivity index (χ1n) is 6.06. The van der Waals surface area contributed by atoms with E-state index in [-0.39, 0.29) is 5.91 Å². The second-order valence-electron chi connectivity index (χ2n) is 4.62. The lowest BCUT2D eigenvalue weighted by molar-refractivity contribution is -0.120. The van der Waals surface area contributed by atoms with Crippen LogP contribution in [0.3, 0.4) is 0 Å². The number of unbranched alkanes of at least 4 members (excludes halogenated alkanes) is 1. The third-order valence-corrected chi connectivity index (χ3v) is 2.29. The maximum Gasteiger partial charge on any atom is 0.233 e. The van der Waals surface area contributed by atoms with Gasteiger partial charge in [-0.1, -0.05) is 27.2 Å². The Balaban J connectivity index is 3.44. The highest BCUT2D eigenvalue weighted by Crippen LogP contribution is 2.02. The number of amides is 1. The summed E-state index contributed by atoms with van der Waals surface area (Å²) in [5.41, 5.74) is 0. The molecule has 1 amide bonds. The second kappa shape index (κ2) is 8.72. The highest BCUT2D eigenvalue weighted by molar-refractivity contribution is 5.77. The molecule has 0 aromatic rings. The molecule has 0 spiro atoms.